The maximum atomic E-state index is 9.15. The highest BCUT2D eigenvalue weighted by Gasteiger charge is 2.27. The highest BCUT2D eigenvalue weighted by Crippen LogP contribution is 2.40. The largest absolute Gasteiger partial charge is 0.440 e. The average Bonchev–Trinajstić information content (AvgIpc) is 2.30. The number of allylic oxidation sites excluding steroid dienone is 2. The minimum atomic E-state index is -0.0406. The van der Waals surface area contributed by atoms with E-state index in [1.165, 1.54) is 0 Å². The minimum Gasteiger partial charge on any atom is -0.440 e. The van der Waals surface area contributed by atoms with E-state index in [-0.39, 0.29) is 11.8 Å². The third kappa shape index (κ3) is 1.90. The van der Waals surface area contributed by atoms with Crippen molar-refractivity contribution < 1.29 is 4.74 Å². The van der Waals surface area contributed by atoms with Crippen molar-refractivity contribution in [3.63, 3.8) is 0 Å². The normalized spacial score (nSPS) is 18.0. The lowest BCUT2D eigenvalue weighted by Gasteiger charge is -2.25. The van der Waals surface area contributed by atoms with Crippen molar-refractivity contribution >= 4 is 0 Å². The van der Waals surface area contributed by atoms with E-state index in [9.17, 15) is 0 Å². The van der Waals surface area contributed by atoms with Crippen molar-refractivity contribution in [3.8, 4) is 11.8 Å². The molecular formula is C14H14N2O. The van der Waals surface area contributed by atoms with Gasteiger partial charge in [0.15, 0.2) is 0 Å². The van der Waals surface area contributed by atoms with Crippen LogP contribution in [0, 0.1) is 18.3 Å². The lowest BCUT2D eigenvalue weighted by atomic mass is 9.86. The summed E-state index contributed by atoms with van der Waals surface area (Å²) in [6, 6.07) is 8.02. The monoisotopic (exact) mass is 226 g/mol. The van der Waals surface area contributed by atoms with Gasteiger partial charge in [0, 0.05) is 11.5 Å². The average molecular weight is 226 g/mol. The summed E-state index contributed by atoms with van der Waals surface area (Å²) in [5, 5.41) is 9.15. The summed E-state index contributed by atoms with van der Waals surface area (Å²) in [4.78, 5) is 0. The second kappa shape index (κ2) is 4.34. The quantitative estimate of drug-likeness (QED) is 0.789. The summed E-state index contributed by atoms with van der Waals surface area (Å²) < 4.78 is 5.47. The molecule has 1 atom stereocenters. The van der Waals surface area contributed by atoms with Crippen molar-refractivity contribution in [1.29, 1.82) is 5.26 Å². The summed E-state index contributed by atoms with van der Waals surface area (Å²) in [6.07, 6.45) is 2.48. The van der Waals surface area contributed by atoms with Crippen molar-refractivity contribution in [2.45, 2.75) is 19.3 Å². The topological polar surface area (TPSA) is 59.0 Å². The number of rotatable bonds is 2. The van der Waals surface area contributed by atoms with Gasteiger partial charge >= 0.3 is 0 Å². The zero-order chi connectivity index (χ0) is 12.4. The smallest absolute Gasteiger partial charge is 0.205 e. The Hall–Kier alpha value is -2.21. The third-order valence-electron chi connectivity index (χ3n) is 2.90. The van der Waals surface area contributed by atoms with Gasteiger partial charge in [0.1, 0.15) is 11.8 Å². The first-order valence-electron chi connectivity index (χ1n) is 5.46. The molecule has 0 fully saturated rings. The van der Waals surface area contributed by atoms with E-state index < -0.39 is 0 Å². The first-order chi connectivity index (χ1) is 8.17. The molecule has 3 nitrogen and oxygen atoms in total. The summed E-state index contributed by atoms with van der Waals surface area (Å²) in [6.45, 7) is 5.74. The number of benzene rings is 1. The molecule has 2 rings (SSSR count). The van der Waals surface area contributed by atoms with E-state index >= 15 is 0 Å². The number of ether oxygens (including phenoxy) is 1. The maximum Gasteiger partial charge on any atom is 0.205 e. The molecule has 1 aromatic rings. The molecule has 17 heavy (non-hydrogen) atoms. The van der Waals surface area contributed by atoms with Crippen LogP contribution in [0.1, 0.15) is 23.5 Å². The van der Waals surface area contributed by atoms with Gasteiger partial charge in [-0.1, -0.05) is 23.8 Å². The predicted octanol–water partition coefficient (Wildman–Crippen LogP) is 2.74. The van der Waals surface area contributed by atoms with Crippen LogP contribution in [0.15, 0.2) is 42.3 Å². The highest BCUT2D eigenvalue weighted by atomic mass is 16.5. The Morgan fingerprint density at radius 2 is 2.35 bits per heavy atom. The SMILES string of the molecule is C=CCC1C(C#N)=C(N)Oc2ccc(C)cc21. The van der Waals surface area contributed by atoms with Gasteiger partial charge in [0.05, 0.1) is 5.57 Å². The van der Waals surface area contributed by atoms with Gasteiger partial charge in [-0.05, 0) is 19.4 Å². The molecular weight excluding hydrogens is 212 g/mol. The van der Waals surface area contributed by atoms with Crippen molar-refractivity contribution in [2.24, 2.45) is 5.73 Å². The van der Waals surface area contributed by atoms with Crippen LogP contribution < -0.4 is 10.5 Å². The summed E-state index contributed by atoms with van der Waals surface area (Å²) in [5.41, 5.74) is 8.40. The van der Waals surface area contributed by atoms with Gasteiger partial charge in [-0.2, -0.15) is 5.26 Å². The van der Waals surface area contributed by atoms with Crippen LogP contribution in [-0.2, 0) is 0 Å². The molecule has 1 unspecified atom stereocenters. The van der Waals surface area contributed by atoms with E-state index in [1.54, 1.807) is 6.08 Å². The zero-order valence-corrected chi connectivity index (χ0v) is 9.73. The molecule has 1 aliphatic heterocycles. The lowest BCUT2D eigenvalue weighted by Crippen LogP contribution is -2.20. The van der Waals surface area contributed by atoms with E-state index in [0.717, 1.165) is 16.9 Å². The number of hydrogen-bond donors (Lipinski definition) is 1. The second-order valence-electron chi connectivity index (χ2n) is 4.11. The molecule has 0 spiro atoms. The molecule has 2 N–H and O–H groups in total. The Balaban J connectivity index is 2.57. The molecule has 0 aromatic heterocycles. The van der Waals surface area contributed by atoms with Gasteiger partial charge < -0.3 is 10.5 Å². The van der Waals surface area contributed by atoms with Gasteiger partial charge in [0.2, 0.25) is 5.88 Å². The number of nitrogens with zero attached hydrogens (tertiary/aromatic N) is 1. The molecule has 1 aliphatic rings. The van der Waals surface area contributed by atoms with Gasteiger partial charge in [-0.15, -0.1) is 6.58 Å². The number of aryl methyl sites for hydroxylation is 1. The predicted molar refractivity (Wildman–Crippen MR) is 66.2 cm³/mol. The van der Waals surface area contributed by atoms with E-state index in [2.05, 4.69) is 12.6 Å². The molecule has 0 bridgehead atoms. The standard InChI is InChI=1S/C14H14N2O/c1-3-4-10-11-7-9(2)5-6-13(11)17-14(16)12(10)8-15/h3,5-7,10H,1,4,16H2,2H3. The minimum absolute atomic E-state index is 0.0406. The van der Waals surface area contributed by atoms with Crippen LogP contribution in [0.2, 0.25) is 0 Å². The van der Waals surface area contributed by atoms with Crippen molar-refractivity contribution in [3.05, 3.63) is 53.4 Å². The molecule has 1 heterocycles. The molecule has 0 saturated heterocycles. The summed E-state index contributed by atoms with van der Waals surface area (Å²) in [5.74, 6) is 0.899. The van der Waals surface area contributed by atoms with Crippen LogP contribution in [0.25, 0.3) is 0 Å². The molecule has 0 radical (unpaired) electrons. The van der Waals surface area contributed by atoms with Gasteiger partial charge in [-0.25, -0.2) is 0 Å². The molecule has 86 valence electrons. The number of fused-ring (bicyclic) bond motifs is 1. The first-order valence-corrected chi connectivity index (χ1v) is 5.46. The maximum absolute atomic E-state index is 9.15. The Labute approximate surface area is 101 Å². The lowest BCUT2D eigenvalue weighted by molar-refractivity contribution is 0.388. The van der Waals surface area contributed by atoms with Gasteiger partial charge in [0.25, 0.3) is 0 Å². The Kier molecular flexibility index (Phi) is 2.88. The van der Waals surface area contributed by atoms with Crippen LogP contribution in [-0.4, -0.2) is 0 Å². The fraction of sp³-hybridized carbons (Fsp3) is 0.214. The van der Waals surface area contributed by atoms with Crippen LogP contribution in [0.3, 0.4) is 0 Å². The third-order valence-corrected chi connectivity index (χ3v) is 2.90. The fourth-order valence-electron chi connectivity index (χ4n) is 2.08. The van der Waals surface area contributed by atoms with Crippen molar-refractivity contribution in [2.75, 3.05) is 0 Å². The Morgan fingerprint density at radius 3 is 3.00 bits per heavy atom. The number of nitriles is 1. The molecule has 0 amide bonds. The summed E-state index contributed by atoms with van der Waals surface area (Å²) in [7, 11) is 0. The van der Waals surface area contributed by atoms with Crippen molar-refractivity contribution in [1.82, 2.24) is 0 Å². The molecule has 0 saturated carbocycles. The first kappa shape index (κ1) is 11.3. The molecule has 0 aliphatic carbocycles. The second-order valence-corrected chi connectivity index (χ2v) is 4.11. The van der Waals surface area contributed by atoms with E-state index in [0.29, 0.717) is 12.0 Å². The number of nitrogens with two attached hydrogens (primary N) is 1. The zero-order valence-electron chi connectivity index (χ0n) is 9.73. The molecule has 1 aromatic carbocycles. The number of hydrogen-bond acceptors (Lipinski definition) is 3. The van der Waals surface area contributed by atoms with E-state index in [4.69, 9.17) is 15.7 Å². The van der Waals surface area contributed by atoms with E-state index in [1.807, 2.05) is 25.1 Å². The Morgan fingerprint density at radius 1 is 1.59 bits per heavy atom. The summed E-state index contributed by atoms with van der Waals surface area (Å²) >= 11 is 0. The van der Waals surface area contributed by atoms with Crippen LogP contribution in [0.5, 0.6) is 5.75 Å². The fourth-order valence-corrected chi connectivity index (χ4v) is 2.08. The van der Waals surface area contributed by atoms with Crippen LogP contribution in [0.4, 0.5) is 0 Å². The Bertz CT molecular complexity index is 538. The van der Waals surface area contributed by atoms with Crippen LogP contribution >= 0.6 is 0 Å². The molecule has 3 heteroatoms. The van der Waals surface area contributed by atoms with Gasteiger partial charge in [-0.3, -0.25) is 0 Å². The highest BCUT2D eigenvalue weighted by molar-refractivity contribution is 5.51.